The highest BCUT2D eigenvalue weighted by Crippen LogP contribution is 2.31. The fraction of sp³-hybridized carbons (Fsp3) is 0.353. The monoisotopic (exact) mass is 282 g/mol. The maximum atomic E-state index is 6.15. The van der Waals surface area contributed by atoms with Gasteiger partial charge in [-0.05, 0) is 31.2 Å². The van der Waals surface area contributed by atoms with Gasteiger partial charge in [0.05, 0.1) is 11.9 Å². The second-order valence-electron chi connectivity index (χ2n) is 5.73. The Labute approximate surface area is 126 Å². The predicted octanol–water partition coefficient (Wildman–Crippen LogP) is 2.39. The zero-order valence-corrected chi connectivity index (χ0v) is 12.7. The molecule has 0 spiro atoms. The molecule has 0 unspecified atom stereocenters. The van der Waals surface area contributed by atoms with Crippen LogP contribution in [0.15, 0.2) is 36.5 Å². The molecule has 2 aromatic rings. The average molecular weight is 282 g/mol. The zero-order chi connectivity index (χ0) is 14.8. The first-order valence-corrected chi connectivity index (χ1v) is 7.40. The Morgan fingerprint density at radius 3 is 2.48 bits per heavy atom. The number of nitrogens with zero attached hydrogens (tertiary/aromatic N) is 3. The average Bonchev–Trinajstić information content (AvgIpc) is 2.50. The summed E-state index contributed by atoms with van der Waals surface area (Å²) in [7, 11) is 2.16. The third kappa shape index (κ3) is 2.85. The smallest absolute Gasteiger partial charge is 0.129 e. The van der Waals surface area contributed by atoms with Crippen LogP contribution >= 0.6 is 0 Å². The first kappa shape index (κ1) is 13.9. The highest BCUT2D eigenvalue weighted by Gasteiger charge is 2.17. The lowest BCUT2D eigenvalue weighted by Gasteiger charge is -2.33. The minimum atomic E-state index is 0.738. The summed E-state index contributed by atoms with van der Waals surface area (Å²) in [6.07, 6.45) is 1.79. The van der Waals surface area contributed by atoms with E-state index >= 15 is 0 Å². The van der Waals surface area contributed by atoms with Gasteiger partial charge in [0, 0.05) is 31.7 Å². The van der Waals surface area contributed by atoms with Crippen molar-refractivity contribution in [1.82, 2.24) is 9.88 Å². The van der Waals surface area contributed by atoms with Crippen LogP contribution < -0.4 is 10.6 Å². The lowest BCUT2D eigenvalue weighted by Crippen LogP contribution is -2.44. The first-order valence-electron chi connectivity index (χ1n) is 7.40. The molecule has 4 heteroatoms. The quantitative estimate of drug-likeness (QED) is 0.918. The van der Waals surface area contributed by atoms with Gasteiger partial charge in [0.2, 0.25) is 0 Å². The van der Waals surface area contributed by atoms with E-state index in [1.165, 1.54) is 11.1 Å². The van der Waals surface area contributed by atoms with Crippen LogP contribution in [0, 0.1) is 6.92 Å². The number of aryl methyl sites for hydroxylation is 1. The van der Waals surface area contributed by atoms with Gasteiger partial charge in [0.1, 0.15) is 5.82 Å². The minimum absolute atomic E-state index is 0.738. The normalized spacial score (nSPS) is 16.2. The summed E-state index contributed by atoms with van der Waals surface area (Å²) in [5, 5.41) is 0. The number of rotatable bonds is 2. The fourth-order valence-corrected chi connectivity index (χ4v) is 2.77. The molecule has 4 nitrogen and oxygen atoms in total. The summed E-state index contributed by atoms with van der Waals surface area (Å²) in [4.78, 5) is 9.20. The Balaban J connectivity index is 1.95. The molecule has 0 amide bonds. The number of benzene rings is 1. The van der Waals surface area contributed by atoms with E-state index in [-0.39, 0.29) is 0 Å². The zero-order valence-electron chi connectivity index (χ0n) is 12.7. The van der Waals surface area contributed by atoms with Crippen LogP contribution in [-0.2, 0) is 0 Å². The number of hydrogen-bond donors (Lipinski definition) is 1. The molecule has 0 radical (unpaired) electrons. The summed E-state index contributed by atoms with van der Waals surface area (Å²) >= 11 is 0. The lowest BCUT2D eigenvalue weighted by atomic mass is 10.00. The molecule has 1 aromatic carbocycles. The molecule has 0 bridgehead atoms. The van der Waals surface area contributed by atoms with Crippen molar-refractivity contribution in [2.75, 3.05) is 43.9 Å². The van der Waals surface area contributed by atoms with E-state index in [1.807, 2.05) is 0 Å². The molecule has 21 heavy (non-hydrogen) atoms. The van der Waals surface area contributed by atoms with E-state index in [1.54, 1.807) is 6.20 Å². The lowest BCUT2D eigenvalue weighted by molar-refractivity contribution is 0.312. The van der Waals surface area contributed by atoms with Gasteiger partial charge in [-0.3, -0.25) is 0 Å². The third-order valence-corrected chi connectivity index (χ3v) is 4.18. The molecule has 1 aliphatic rings. The summed E-state index contributed by atoms with van der Waals surface area (Å²) in [6.45, 7) is 6.30. The van der Waals surface area contributed by atoms with Crippen LogP contribution in [-0.4, -0.2) is 43.1 Å². The molecule has 2 heterocycles. The highest BCUT2D eigenvalue weighted by atomic mass is 15.3. The predicted molar refractivity (Wildman–Crippen MR) is 88.5 cm³/mol. The van der Waals surface area contributed by atoms with Crippen molar-refractivity contribution < 1.29 is 0 Å². The Hall–Kier alpha value is -2.07. The number of hydrogen-bond acceptors (Lipinski definition) is 4. The van der Waals surface area contributed by atoms with Crippen molar-refractivity contribution in [3.63, 3.8) is 0 Å². The largest absolute Gasteiger partial charge is 0.397 e. The Morgan fingerprint density at radius 2 is 1.76 bits per heavy atom. The second-order valence-corrected chi connectivity index (χ2v) is 5.73. The summed E-state index contributed by atoms with van der Waals surface area (Å²) < 4.78 is 0. The standard InChI is InChI=1S/C17H22N4/c1-13-5-3-4-6-14(13)15-11-17(19-12-16(15)18)21-9-7-20(2)8-10-21/h3-6,11-12H,7-10,18H2,1-2H3. The van der Waals surface area contributed by atoms with Gasteiger partial charge >= 0.3 is 0 Å². The molecule has 3 rings (SSSR count). The topological polar surface area (TPSA) is 45.4 Å². The van der Waals surface area contributed by atoms with Crippen molar-refractivity contribution in [2.45, 2.75) is 6.92 Å². The van der Waals surface area contributed by atoms with Gasteiger partial charge in [-0.25, -0.2) is 4.98 Å². The van der Waals surface area contributed by atoms with E-state index in [0.29, 0.717) is 0 Å². The molecule has 0 aliphatic carbocycles. The second kappa shape index (κ2) is 5.74. The van der Waals surface area contributed by atoms with Gasteiger partial charge in [-0.2, -0.15) is 0 Å². The van der Waals surface area contributed by atoms with E-state index in [2.05, 4.69) is 59.1 Å². The molecule has 1 saturated heterocycles. The number of anilines is 2. The van der Waals surface area contributed by atoms with E-state index in [9.17, 15) is 0 Å². The van der Waals surface area contributed by atoms with Crippen LogP contribution in [0.3, 0.4) is 0 Å². The molecule has 2 N–H and O–H groups in total. The summed E-state index contributed by atoms with van der Waals surface area (Å²) in [5.41, 5.74) is 10.4. The molecule has 1 fully saturated rings. The van der Waals surface area contributed by atoms with Crippen LogP contribution in [0.1, 0.15) is 5.56 Å². The SMILES string of the molecule is Cc1ccccc1-c1cc(N2CCN(C)CC2)ncc1N. The summed E-state index contributed by atoms with van der Waals surface area (Å²) in [6, 6.07) is 10.5. The first-order chi connectivity index (χ1) is 10.1. The number of likely N-dealkylation sites (N-methyl/N-ethyl adjacent to an activating group) is 1. The van der Waals surface area contributed by atoms with E-state index in [0.717, 1.165) is 43.2 Å². The van der Waals surface area contributed by atoms with Crippen LogP contribution in [0.25, 0.3) is 11.1 Å². The van der Waals surface area contributed by atoms with Gasteiger partial charge in [0.25, 0.3) is 0 Å². The number of piperazine rings is 1. The molecule has 0 atom stereocenters. The highest BCUT2D eigenvalue weighted by molar-refractivity contribution is 5.80. The van der Waals surface area contributed by atoms with Crippen molar-refractivity contribution in [3.8, 4) is 11.1 Å². The Bertz CT molecular complexity index is 630. The number of aromatic nitrogens is 1. The molecule has 1 aliphatic heterocycles. The van der Waals surface area contributed by atoms with Crippen molar-refractivity contribution in [1.29, 1.82) is 0 Å². The Kier molecular flexibility index (Phi) is 3.80. The fourth-order valence-electron chi connectivity index (χ4n) is 2.77. The molecule has 1 aromatic heterocycles. The maximum absolute atomic E-state index is 6.15. The number of nitrogen functional groups attached to an aromatic ring is 1. The maximum Gasteiger partial charge on any atom is 0.129 e. The molecular formula is C17H22N4. The molecule has 0 saturated carbocycles. The number of pyridine rings is 1. The van der Waals surface area contributed by atoms with Crippen LogP contribution in [0.2, 0.25) is 0 Å². The summed E-state index contributed by atoms with van der Waals surface area (Å²) in [5.74, 6) is 1.02. The van der Waals surface area contributed by atoms with E-state index < -0.39 is 0 Å². The molecule has 110 valence electrons. The third-order valence-electron chi connectivity index (χ3n) is 4.18. The Morgan fingerprint density at radius 1 is 1.05 bits per heavy atom. The minimum Gasteiger partial charge on any atom is -0.397 e. The van der Waals surface area contributed by atoms with Gasteiger partial charge < -0.3 is 15.5 Å². The van der Waals surface area contributed by atoms with E-state index in [4.69, 9.17) is 5.73 Å². The van der Waals surface area contributed by atoms with Gasteiger partial charge in [0.15, 0.2) is 0 Å². The number of nitrogens with two attached hydrogens (primary N) is 1. The van der Waals surface area contributed by atoms with Crippen molar-refractivity contribution >= 4 is 11.5 Å². The van der Waals surface area contributed by atoms with Gasteiger partial charge in [-0.15, -0.1) is 0 Å². The van der Waals surface area contributed by atoms with Gasteiger partial charge in [-0.1, -0.05) is 24.3 Å². The van der Waals surface area contributed by atoms with Crippen molar-refractivity contribution in [3.05, 3.63) is 42.1 Å². The van der Waals surface area contributed by atoms with Crippen LogP contribution in [0.5, 0.6) is 0 Å². The van der Waals surface area contributed by atoms with Crippen LogP contribution in [0.4, 0.5) is 11.5 Å². The van der Waals surface area contributed by atoms with Crippen molar-refractivity contribution in [2.24, 2.45) is 0 Å². The molecular weight excluding hydrogens is 260 g/mol.